The van der Waals surface area contributed by atoms with Gasteiger partial charge in [-0.05, 0) is 49.9 Å². The van der Waals surface area contributed by atoms with Gasteiger partial charge < -0.3 is 18.6 Å². The number of esters is 1. The third kappa shape index (κ3) is 6.61. The van der Waals surface area contributed by atoms with E-state index in [0.29, 0.717) is 36.3 Å². The summed E-state index contributed by atoms with van der Waals surface area (Å²) in [5, 5.41) is 0.497. The van der Waals surface area contributed by atoms with Crippen molar-refractivity contribution in [2.75, 3.05) is 13.2 Å². The quantitative estimate of drug-likeness (QED) is 0.133. The van der Waals surface area contributed by atoms with E-state index in [1.165, 1.54) is 0 Å². The zero-order valence-corrected chi connectivity index (χ0v) is 19.6. The first kappa shape index (κ1) is 24.8. The predicted molar refractivity (Wildman–Crippen MR) is 133 cm³/mol. The average molecular weight is 463 g/mol. The standard InChI is InChI=1S/C28H30O6/c1-3-5-7-12-19-31-23-18-14-17-22-24(23)33-28(30)26(25(22)32-20-13-8-6-4-2)34-27(29)21-15-10-9-11-16-21/h5-11,14-18H,3-4,12-13,19-20H2,1-2H3. The monoisotopic (exact) mass is 462 g/mol. The summed E-state index contributed by atoms with van der Waals surface area (Å²) in [4.78, 5) is 25.6. The number of para-hydroxylation sites is 1. The molecule has 0 radical (unpaired) electrons. The van der Waals surface area contributed by atoms with E-state index in [2.05, 4.69) is 13.0 Å². The molecule has 0 aliphatic heterocycles. The summed E-state index contributed by atoms with van der Waals surface area (Å²) >= 11 is 0. The molecule has 178 valence electrons. The molecule has 1 heterocycles. The Balaban J connectivity index is 1.96. The number of allylic oxidation sites excluding steroid dienone is 2. The van der Waals surface area contributed by atoms with Crippen molar-refractivity contribution in [3.8, 4) is 17.2 Å². The Morgan fingerprint density at radius 3 is 2.18 bits per heavy atom. The van der Waals surface area contributed by atoms with Crippen LogP contribution in [0.25, 0.3) is 11.0 Å². The number of benzene rings is 2. The molecule has 2 aromatic carbocycles. The minimum atomic E-state index is -0.808. The van der Waals surface area contributed by atoms with E-state index in [1.54, 1.807) is 48.5 Å². The third-order valence-electron chi connectivity index (χ3n) is 4.89. The minimum absolute atomic E-state index is 0.164. The maximum atomic E-state index is 12.9. The molecule has 0 N–H and O–H groups in total. The van der Waals surface area contributed by atoms with Crippen molar-refractivity contribution in [1.29, 1.82) is 0 Å². The van der Waals surface area contributed by atoms with Crippen LogP contribution in [0.15, 0.2) is 82.0 Å². The molecule has 1 aromatic heterocycles. The van der Waals surface area contributed by atoms with Gasteiger partial charge in [-0.15, -0.1) is 0 Å². The smallest absolute Gasteiger partial charge is 0.383 e. The molecule has 0 spiro atoms. The lowest BCUT2D eigenvalue weighted by molar-refractivity contribution is 0.0721. The largest absolute Gasteiger partial charge is 0.489 e. The summed E-state index contributed by atoms with van der Waals surface area (Å²) in [7, 11) is 0. The Morgan fingerprint density at radius 1 is 0.824 bits per heavy atom. The van der Waals surface area contributed by atoms with Crippen LogP contribution in [0.3, 0.4) is 0 Å². The van der Waals surface area contributed by atoms with Gasteiger partial charge in [0.1, 0.15) is 0 Å². The van der Waals surface area contributed by atoms with Crippen LogP contribution in [0.1, 0.15) is 49.9 Å². The minimum Gasteiger partial charge on any atom is -0.489 e. The van der Waals surface area contributed by atoms with Gasteiger partial charge in [-0.2, -0.15) is 0 Å². The second kappa shape index (κ2) is 13.0. The molecule has 0 aliphatic carbocycles. The summed E-state index contributed by atoms with van der Waals surface area (Å²) in [6, 6.07) is 13.7. The number of rotatable bonds is 12. The van der Waals surface area contributed by atoms with Crippen LogP contribution in [-0.4, -0.2) is 19.2 Å². The number of fused-ring (bicyclic) bond motifs is 1. The third-order valence-corrected chi connectivity index (χ3v) is 4.89. The van der Waals surface area contributed by atoms with Crippen LogP contribution in [0, 0.1) is 0 Å². The topological polar surface area (TPSA) is 75.0 Å². The van der Waals surface area contributed by atoms with Crippen LogP contribution in [0.5, 0.6) is 17.2 Å². The van der Waals surface area contributed by atoms with Crippen LogP contribution in [0.4, 0.5) is 0 Å². The van der Waals surface area contributed by atoms with Crippen LogP contribution < -0.4 is 19.8 Å². The van der Waals surface area contributed by atoms with E-state index >= 15 is 0 Å². The molecule has 0 fully saturated rings. The van der Waals surface area contributed by atoms with Crippen molar-refractivity contribution in [1.82, 2.24) is 0 Å². The van der Waals surface area contributed by atoms with Crippen molar-refractivity contribution < 1.29 is 23.4 Å². The Hall–Kier alpha value is -3.80. The van der Waals surface area contributed by atoms with Crippen LogP contribution >= 0.6 is 0 Å². The summed E-state index contributed by atoms with van der Waals surface area (Å²) < 4.78 is 22.9. The zero-order chi connectivity index (χ0) is 24.2. The van der Waals surface area contributed by atoms with Gasteiger partial charge in [-0.1, -0.05) is 62.4 Å². The molecule has 0 saturated heterocycles. The Kier molecular flexibility index (Phi) is 9.52. The van der Waals surface area contributed by atoms with E-state index in [0.717, 1.165) is 19.3 Å². The van der Waals surface area contributed by atoms with Crippen molar-refractivity contribution >= 4 is 16.9 Å². The van der Waals surface area contributed by atoms with Gasteiger partial charge in [-0.25, -0.2) is 9.59 Å². The molecular weight excluding hydrogens is 432 g/mol. The highest BCUT2D eigenvalue weighted by Crippen LogP contribution is 2.37. The molecular formula is C28H30O6. The van der Waals surface area contributed by atoms with E-state index in [1.807, 2.05) is 25.2 Å². The number of carbonyl (C=O) groups is 1. The molecule has 0 saturated carbocycles. The van der Waals surface area contributed by atoms with Gasteiger partial charge in [-0.3, -0.25) is 0 Å². The van der Waals surface area contributed by atoms with Gasteiger partial charge >= 0.3 is 11.6 Å². The SMILES string of the molecule is CCC=CCCOc1c(OC(=O)c2ccccc2)c(=O)oc2c(OCCC=CCC)cccc12. The Bertz CT molecular complexity index is 1190. The lowest BCUT2D eigenvalue weighted by Gasteiger charge is -2.14. The molecule has 34 heavy (non-hydrogen) atoms. The fourth-order valence-electron chi connectivity index (χ4n) is 3.26. The second-order valence-corrected chi connectivity index (χ2v) is 7.47. The van der Waals surface area contributed by atoms with Gasteiger partial charge in [0.2, 0.25) is 0 Å². The van der Waals surface area contributed by atoms with Gasteiger partial charge in [0, 0.05) is 0 Å². The van der Waals surface area contributed by atoms with Gasteiger partial charge in [0.15, 0.2) is 17.1 Å². The maximum Gasteiger partial charge on any atom is 0.383 e. The molecule has 0 amide bonds. The Morgan fingerprint density at radius 2 is 1.50 bits per heavy atom. The number of hydrogen-bond acceptors (Lipinski definition) is 6. The summed E-state index contributed by atoms with van der Waals surface area (Å²) in [5.41, 5.74) is -0.237. The molecule has 3 rings (SSSR count). The van der Waals surface area contributed by atoms with Gasteiger partial charge in [0.05, 0.1) is 24.2 Å². The van der Waals surface area contributed by atoms with Crippen molar-refractivity contribution in [2.45, 2.75) is 39.5 Å². The average Bonchev–Trinajstić information content (AvgIpc) is 2.86. The van der Waals surface area contributed by atoms with Crippen molar-refractivity contribution in [2.24, 2.45) is 0 Å². The number of carbonyl (C=O) groups excluding carboxylic acids is 1. The molecule has 6 heteroatoms. The Labute approximate surface area is 199 Å². The molecule has 0 bridgehead atoms. The fraction of sp³-hybridized carbons (Fsp3) is 0.286. The summed E-state index contributed by atoms with van der Waals surface area (Å²) in [6.45, 7) is 4.85. The molecule has 6 nitrogen and oxygen atoms in total. The normalized spacial score (nSPS) is 11.4. The first-order valence-corrected chi connectivity index (χ1v) is 11.6. The van der Waals surface area contributed by atoms with E-state index in [-0.39, 0.29) is 17.1 Å². The lowest BCUT2D eigenvalue weighted by atomic mass is 10.2. The molecule has 3 aromatic rings. The summed E-state index contributed by atoms with van der Waals surface area (Å²) in [5.74, 6) is -0.352. The van der Waals surface area contributed by atoms with E-state index < -0.39 is 11.6 Å². The molecule has 0 aliphatic rings. The highest BCUT2D eigenvalue weighted by molar-refractivity contribution is 5.94. The second-order valence-electron chi connectivity index (χ2n) is 7.47. The molecule has 0 unspecified atom stereocenters. The first-order valence-electron chi connectivity index (χ1n) is 11.6. The van der Waals surface area contributed by atoms with Crippen molar-refractivity contribution in [3.63, 3.8) is 0 Å². The predicted octanol–water partition coefficient (Wildman–Crippen LogP) is 6.48. The lowest BCUT2D eigenvalue weighted by Crippen LogP contribution is -2.16. The van der Waals surface area contributed by atoms with E-state index in [9.17, 15) is 9.59 Å². The number of hydrogen-bond donors (Lipinski definition) is 0. The zero-order valence-electron chi connectivity index (χ0n) is 19.6. The fourth-order valence-corrected chi connectivity index (χ4v) is 3.26. The van der Waals surface area contributed by atoms with Crippen LogP contribution in [-0.2, 0) is 0 Å². The number of ether oxygens (including phenoxy) is 3. The van der Waals surface area contributed by atoms with Gasteiger partial charge in [0.25, 0.3) is 5.75 Å². The highest BCUT2D eigenvalue weighted by Gasteiger charge is 2.23. The van der Waals surface area contributed by atoms with E-state index in [4.69, 9.17) is 18.6 Å². The first-order chi connectivity index (χ1) is 16.7. The van der Waals surface area contributed by atoms with Crippen molar-refractivity contribution in [3.05, 3.63) is 88.8 Å². The maximum absolute atomic E-state index is 12.9. The highest BCUT2D eigenvalue weighted by atomic mass is 16.6. The molecule has 0 atom stereocenters. The van der Waals surface area contributed by atoms with Crippen LogP contribution in [0.2, 0.25) is 0 Å². The summed E-state index contributed by atoms with van der Waals surface area (Å²) in [6.07, 6.45) is 11.4.